The Morgan fingerprint density at radius 1 is 1.10 bits per heavy atom. The summed E-state index contributed by atoms with van der Waals surface area (Å²) in [6, 6.07) is 12.5. The second kappa shape index (κ2) is 5.28. The Kier molecular flexibility index (Phi) is 3.31. The van der Waals surface area contributed by atoms with Gasteiger partial charge >= 0.3 is 6.03 Å². The fourth-order valence-electron chi connectivity index (χ4n) is 2.48. The largest absolute Gasteiger partial charge is 0.348 e. The van der Waals surface area contributed by atoms with Crippen molar-refractivity contribution in [2.45, 2.75) is 13.5 Å². The van der Waals surface area contributed by atoms with Crippen LogP contribution >= 0.6 is 0 Å². The average Bonchev–Trinajstić information content (AvgIpc) is 2.81. The second-order valence-corrected chi connectivity index (χ2v) is 4.96. The van der Waals surface area contributed by atoms with Crippen molar-refractivity contribution in [1.29, 1.82) is 0 Å². The molecule has 3 amide bonds. The van der Waals surface area contributed by atoms with Gasteiger partial charge in [-0.25, -0.2) is 4.79 Å². The van der Waals surface area contributed by atoms with Gasteiger partial charge in [-0.3, -0.25) is 4.79 Å². The van der Waals surface area contributed by atoms with E-state index in [1.165, 1.54) is 0 Å². The highest BCUT2D eigenvalue weighted by Gasteiger charge is 2.21. The molecule has 1 heterocycles. The van der Waals surface area contributed by atoms with Crippen LogP contribution in [0.15, 0.2) is 42.5 Å². The van der Waals surface area contributed by atoms with Crippen LogP contribution in [0.4, 0.5) is 16.2 Å². The number of anilines is 2. The number of nitrogens with one attached hydrogen (secondary N) is 3. The van der Waals surface area contributed by atoms with Crippen molar-refractivity contribution in [3.63, 3.8) is 0 Å². The van der Waals surface area contributed by atoms with Crippen LogP contribution in [0.1, 0.15) is 21.5 Å². The molecule has 2 aromatic rings. The molecule has 0 radical (unpaired) electrons. The molecule has 21 heavy (non-hydrogen) atoms. The van der Waals surface area contributed by atoms with Crippen molar-refractivity contribution >= 4 is 23.3 Å². The molecular formula is C16H15N3O2. The number of benzene rings is 2. The van der Waals surface area contributed by atoms with Gasteiger partial charge in [0.05, 0.1) is 0 Å². The van der Waals surface area contributed by atoms with Crippen molar-refractivity contribution in [1.82, 2.24) is 5.32 Å². The summed E-state index contributed by atoms with van der Waals surface area (Å²) in [5, 5.41) is 8.32. The Balaban J connectivity index is 1.75. The quantitative estimate of drug-likeness (QED) is 0.792. The molecule has 3 N–H and O–H groups in total. The molecule has 106 valence electrons. The molecule has 0 bridgehead atoms. The summed E-state index contributed by atoms with van der Waals surface area (Å²) in [4.78, 5) is 23.6. The highest BCUT2D eigenvalue weighted by molar-refractivity contribution is 6.02. The zero-order chi connectivity index (χ0) is 14.8. The van der Waals surface area contributed by atoms with Gasteiger partial charge in [0.25, 0.3) is 5.91 Å². The maximum absolute atomic E-state index is 12.0. The van der Waals surface area contributed by atoms with Gasteiger partial charge in [-0.05, 0) is 42.3 Å². The number of aryl methyl sites for hydroxylation is 1. The third-order valence-corrected chi connectivity index (χ3v) is 3.37. The van der Waals surface area contributed by atoms with E-state index < -0.39 is 0 Å². The normalized spacial score (nSPS) is 12.5. The molecule has 2 aromatic carbocycles. The van der Waals surface area contributed by atoms with Crippen molar-refractivity contribution in [3.8, 4) is 0 Å². The average molecular weight is 281 g/mol. The van der Waals surface area contributed by atoms with Crippen LogP contribution in [-0.4, -0.2) is 11.9 Å². The predicted molar refractivity (Wildman–Crippen MR) is 81.4 cm³/mol. The zero-order valence-electron chi connectivity index (χ0n) is 11.6. The number of urea groups is 1. The molecule has 0 aliphatic carbocycles. The van der Waals surface area contributed by atoms with Gasteiger partial charge in [0.2, 0.25) is 0 Å². The van der Waals surface area contributed by atoms with Gasteiger partial charge in [-0.1, -0.05) is 18.2 Å². The molecule has 0 unspecified atom stereocenters. The number of amides is 3. The van der Waals surface area contributed by atoms with E-state index in [9.17, 15) is 9.59 Å². The Morgan fingerprint density at radius 3 is 2.57 bits per heavy atom. The van der Waals surface area contributed by atoms with Crippen LogP contribution < -0.4 is 16.0 Å². The topological polar surface area (TPSA) is 70.2 Å². The fourth-order valence-corrected chi connectivity index (χ4v) is 2.48. The highest BCUT2D eigenvalue weighted by atomic mass is 16.2. The lowest BCUT2D eigenvalue weighted by atomic mass is 10.0. The molecule has 0 fully saturated rings. The molecule has 3 rings (SSSR count). The standard InChI is InChI=1S/C16H15N3O2/c1-10-7-13(8-11-9-17-15(20)14(10)11)19-16(21)18-12-5-3-2-4-6-12/h2-8H,9H2,1H3,(H,17,20)(H2,18,19,21). The first-order valence-corrected chi connectivity index (χ1v) is 6.68. The van der Waals surface area contributed by atoms with E-state index >= 15 is 0 Å². The van der Waals surface area contributed by atoms with E-state index in [1.807, 2.05) is 43.3 Å². The summed E-state index contributed by atoms with van der Waals surface area (Å²) in [7, 11) is 0. The van der Waals surface area contributed by atoms with E-state index in [0.717, 1.165) is 16.8 Å². The first-order valence-electron chi connectivity index (χ1n) is 6.68. The second-order valence-electron chi connectivity index (χ2n) is 4.96. The van der Waals surface area contributed by atoms with Crippen LogP contribution in [-0.2, 0) is 6.54 Å². The number of hydrogen-bond donors (Lipinski definition) is 3. The lowest BCUT2D eigenvalue weighted by Crippen LogP contribution is -2.19. The van der Waals surface area contributed by atoms with Crippen LogP contribution in [0.25, 0.3) is 0 Å². The molecule has 0 aromatic heterocycles. The summed E-state index contributed by atoms with van der Waals surface area (Å²) in [6.45, 7) is 2.37. The molecule has 5 heteroatoms. The summed E-state index contributed by atoms with van der Waals surface area (Å²) >= 11 is 0. The zero-order valence-corrected chi connectivity index (χ0v) is 11.6. The Hall–Kier alpha value is -2.82. The molecule has 1 aliphatic rings. The van der Waals surface area contributed by atoms with Gasteiger partial charge in [0.15, 0.2) is 0 Å². The lowest BCUT2D eigenvalue weighted by Gasteiger charge is -2.10. The van der Waals surface area contributed by atoms with Gasteiger partial charge in [-0.2, -0.15) is 0 Å². The summed E-state index contributed by atoms with van der Waals surface area (Å²) in [5.41, 5.74) is 3.89. The predicted octanol–water partition coefficient (Wildman–Crippen LogP) is 2.88. The first kappa shape index (κ1) is 13.2. The maximum atomic E-state index is 12.0. The lowest BCUT2D eigenvalue weighted by molar-refractivity contribution is 0.0965. The Labute approximate surface area is 122 Å². The number of fused-ring (bicyclic) bond motifs is 1. The maximum Gasteiger partial charge on any atom is 0.323 e. The van der Waals surface area contributed by atoms with E-state index in [1.54, 1.807) is 6.07 Å². The van der Waals surface area contributed by atoms with Crippen LogP contribution in [0, 0.1) is 6.92 Å². The van der Waals surface area contributed by atoms with Crippen molar-refractivity contribution < 1.29 is 9.59 Å². The number of hydrogen-bond acceptors (Lipinski definition) is 2. The molecule has 0 saturated carbocycles. The van der Waals surface area contributed by atoms with E-state index in [4.69, 9.17) is 0 Å². The summed E-state index contributed by atoms with van der Waals surface area (Å²) in [5.74, 6) is -0.0530. The molecule has 0 saturated heterocycles. The minimum Gasteiger partial charge on any atom is -0.348 e. The van der Waals surface area contributed by atoms with E-state index in [2.05, 4.69) is 16.0 Å². The number of carbonyl (C=O) groups excluding carboxylic acids is 2. The Morgan fingerprint density at radius 2 is 1.81 bits per heavy atom. The SMILES string of the molecule is Cc1cc(NC(=O)Nc2ccccc2)cc2c1C(=O)NC2. The monoisotopic (exact) mass is 281 g/mol. The number of para-hydroxylation sites is 1. The first-order chi connectivity index (χ1) is 10.1. The van der Waals surface area contributed by atoms with Gasteiger partial charge in [0.1, 0.15) is 0 Å². The molecular weight excluding hydrogens is 266 g/mol. The molecule has 0 atom stereocenters. The summed E-state index contributed by atoms with van der Waals surface area (Å²) < 4.78 is 0. The third-order valence-electron chi connectivity index (χ3n) is 3.37. The minimum absolute atomic E-state index is 0.0530. The minimum atomic E-state index is -0.308. The van der Waals surface area contributed by atoms with Crippen molar-refractivity contribution in [2.24, 2.45) is 0 Å². The third kappa shape index (κ3) is 2.72. The van der Waals surface area contributed by atoms with Gasteiger partial charge in [-0.15, -0.1) is 0 Å². The van der Waals surface area contributed by atoms with Crippen molar-refractivity contribution in [3.05, 3.63) is 59.2 Å². The fraction of sp³-hybridized carbons (Fsp3) is 0.125. The van der Waals surface area contributed by atoms with E-state index in [0.29, 0.717) is 17.8 Å². The van der Waals surface area contributed by atoms with Crippen LogP contribution in [0.3, 0.4) is 0 Å². The molecule has 0 spiro atoms. The number of rotatable bonds is 2. The smallest absolute Gasteiger partial charge is 0.323 e. The van der Waals surface area contributed by atoms with Gasteiger partial charge < -0.3 is 16.0 Å². The van der Waals surface area contributed by atoms with Gasteiger partial charge in [0, 0.05) is 23.5 Å². The van der Waals surface area contributed by atoms with E-state index in [-0.39, 0.29) is 11.9 Å². The summed E-state index contributed by atoms with van der Waals surface area (Å²) in [6.07, 6.45) is 0. The van der Waals surface area contributed by atoms with Crippen LogP contribution in [0.2, 0.25) is 0 Å². The Bertz CT molecular complexity index is 711. The van der Waals surface area contributed by atoms with Crippen molar-refractivity contribution in [2.75, 3.05) is 10.6 Å². The molecule has 1 aliphatic heterocycles. The van der Waals surface area contributed by atoms with Crippen LogP contribution in [0.5, 0.6) is 0 Å². The highest BCUT2D eigenvalue weighted by Crippen LogP contribution is 2.24. The number of carbonyl (C=O) groups is 2. The molecule has 5 nitrogen and oxygen atoms in total.